The molecule has 0 aliphatic heterocycles. The average Bonchev–Trinajstić information content (AvgIpc) is 2.47. The van der Waals surface area contributed by atoms with Crippen LogP contribution in [0.15, 0.2) is 0 Å². The minimum atomic E-state index is -0.0787. The molecule has 0 bridgehead atoms. The van der Waals surface area contributed by atoms with E-state index in [1.807, 2.05) is 6.92 Å². The number of carbonyl (C=O) groups excluding carboxylic acids is 1. The molecule has 0 aromatic heterocycles. The Morgan fingerprint density at radius 1 is 1.21 bits per heavy atom. The molecule has 19 heavy (non-hydrogen) atoms. The van der Waals surface area contributed by atoms with E-state index in [9.17, 15) is 4.79 Å². The molecule has 0 saturated heterocycles. The molecule has 0 aromatic rings. The molecule has 0 radical (unpaired) electrons. The van der Waals surface area contributed by atoms with Crippen molar-refractivity contribution in [2.75, 3.05) is 6.54 Å². The molecule has 1 aliphatic carbocycles. The van der Waals surface area contributed by atoms with Gasteiger partial charge in [-0.3, -0.25) is 4.79 Å². The lowest BCUT2D eigenvalue weighted by Crippen LogP contribution is -2.47. The molecule has 0 aromatic carbocycles. The Labute approximate surface area is 118 Å². The molecule has 0 heterocycles. The maximum atomic E-state index is 12.0. The summed E-state index contributed by atoms with van der Waals surface area (Å²) in [6.45, 7) is 11.7. The van der Waals surface area contributed by atoms with Crippen LogP contribution < -0.4 is 10.6 Å². The van der Waals surface area contributed by atoms with Crippen molar-refractivity contribution in [3.8, 4) is 0 Å². The molecule has 1 fully saturated rings. The lowest BCUT2D eigenvalue weighted by Gasteiger charge is -2.24. The first kappa shape index (κ1) is 16.5. The third-order valence-corrected chi connectivity index (χ3v) is 4.14. The van der Waals surface area contributed by atoms with Gasteiger partial charge in [0.2, 0.25) is 5.91 Å². The molecule has 1 rings (SSSR count). The van der Waals surface area contributed by atoms with E-state index < -0.39 is 0 Å². The first-order chi connectivity index (χ1) is 8.80. The monoisotopic (exact) mass is 268 g/mol. The van der Waals surface area contributed by atoms with E-state index in [0.717, 1.165) is 6.54 Å². The van der Waals surface area contributed by atoms with E-state index in [-0.39, 0.29) is 11.9 Å². The van der Waals surface area contributed by atoms with Gasteiger partial charge < -0.3 is 10.6 Å². The Kier molecular flexibility index (Phi) is 6.31. The van der Waals surface area contributed by atoms with Crippen LogP contribution in [0, 0.1) is 11.3 Å². The summed E-state index contributed by atoms with van der Waals surface area (Å²) < 4.78 is 0. The van der Waals surface area contributed by atoms with Gasteiger partial charge in [0.1, 0.15) is 0 Å². The van der Waals surface area contributed by atoms with E-state index in [0.29, 0.717) is 17.4 Å². The first-order valence-corrected chi connectivity index (χ1v) is 7.84. The van der Waals surface area contributed by atoms with E-state index in [1.54, 1.807) is 0 Å². The minimum absolute atomic E-state index is 0.0787. The van der Waals surface area contributed by atoms with Crippen LogP contribution in [-0.4, -0.2) is 24.5 Å². The normalized spacial score (nSPS) is 24.8. The van der Waals surface area contributed by atoms with Crippen molar-refractivity contribution in [3.05, 3.63) is 0 Å². The number of nitrogens with one attached hydrogen (secondary N) is 2. The molecular formula is C16H32N2O. The van der Waals surface area contributed by atoms with Crippen LogP contribution in [0.4, 0.5) is 0 Å². The van der Waals surface area contributed by atoms with Crippen molar-refractivity contribution in [3.63, 3.8) is 0 Å². The summed E-state index contributed by atoms with van der Waals surface area (Å²) in [6.07, 6.45) is 6.22. The molecule has 1 saturated carbocycles. The highest BCUT2D eigenvalue weighted by Gasteiger charge is 2.26. The topological polar surface area (TPSA) is 41.1 Å². The quantitative estimate of drug-likeness (QED) is 0.752. The van der Waals surface area contributed by atoms with Crippen molar-refractivity contribution in [2.24, 2.45) is 11.3 Å². The largest absolute Gasteiger partial charge is 0.354 e. The summed E-state index contributed by atoms with van der Waals surface area (Å²) in [5.74, 6) is 0.645. The summed E-state index contributed by atoms with van der Waals surface area (Å²) in [4.78, 5) is 12.0. The van der Waals surface area contributed by atoms with E-state index in [2.05, 4.69) is 38.3 Å². The van der Waals surface area contributed by atoms with Crippen LogP contribution in [0.3, 0.4) is 0 Å². The van der Waals surface area contributed by atoms with Crippen molar-refractivity contribution in [1.29, 1.82) is 0 Å². The fraction of sp³-hybridized carbons (Fsp3) is 0.938. The number of hydrogen-bond donors (Lipinski definition) is 2. The van der Waals surface area contributed by atoms with Crippen LogP contribution in [0.2, 0.25) is 0 Å². The Morgan fingerprint density at radius 2 is 1.89 bits per heavy atom. The van der Waals surface area contributed by atoms with Crippen LogP contribution in [0.1, 0.15) is 66.7 Å². The van der Waals surface area contributed by atoms with Gasteiger partial charge in [-0.05, 0) is 43.9 Å². The molecule has 0 spiro atoms. The molecular weight excluding hydrogens is 236 g/mol. The zero-order chi connectivity index (χ0) is 14.5. The lowest BCUT2D eigenvalue weighted by atomic mass is 9.85. The zero-order valence-electron chi connectivity index (χ0n) is 13.4. The standard InChI is InChI=1S/C16H32N2O/c1-12(2)11-17-15(19)13(3)18-14-7-6-9-16(4,5)10-8-14/h12-14,18H,6-11H2,1-5H3,(H,17,19). The highest BCUT2D eigenvalue weighted by molar-refractivity contribution is 5.81. The third-order valence-electron chi connectivity index (χ3n) is 4.14. The van der Waals surface area contributed by atoms with E-state index in [1.165, 1.54) is 32.1 Å². The predicted octanol–water partition coefficient (Wildman–Crippen LogP) is 3.10. The van der Waals surface area contributed by atoms with Crippen LogP contribution in [-0.2, 0) is 4.79 Å². The lowest BCUT2D eigenvalue weighted by molar-refractivity contribution is -0.123. The highest BCUT2D eigenvalue weighted by atomic mass is 16.2. The van der Waals surface area contributed by atoms with Gasteiger partial charge in [0, 0.05) is 12.6 Å². The number of carbonyl (C=O) groups is 1. The number of rotatable bonds is 5. The fourth-order valence-electron chi connectivity index (χ4n) is 2.72. The van der Waals surface area contributed by atoms with Gasteiger partial charge in [-0.25, -0.2) is 0 Å². The Bertz CT molecular complexity index is 286. The predicted molar refractivity (Wildman–Crippen MR) is 81.1 cm³/mol. The Morgan fingerprint density at radius 3 is 2.53 bits per heavy atom. The van der Waals surface area contributed by atoms with Crippen LogP contribution >= 0.6 is 0 Å². The number of hydrogen-bond acceptors (Lipinski definition) is 2. The molecule has 3 nitrogen and oxygen atoms in total. The second-order valence-corrected chi connectivity index (χ2v) is 7.32. The van der Waals surface area contributed by atoms with Crippen LogP contribution in [0.5, 0.6) is 0 Å². The SMILES string of the molecule is CC(C)CNC(=O)C(C)NC1CCCC(C)(C)CC1. The second-order valence-electron chi connectivity index (χ2n) is 7.32. The first-order valence-electron chi connectivity index (χ1n) is 7.84. The van der Waals surface area contributed by atoms with Gasteiger partial charge in [-0.1, -0.05) is 34.1 Å². The Hall–Kier alpha value is -0.570. The highest BCUT2D eigenvalue weighted by Crippen LogP contribution is 2.33. The van der Waals surface area contributed by atoms with E-state index in [4.69, 9.17) is 0 Å². The fourth-order valence-corrected chi connectivity index (χ4v) is 2.72. The molecule has 1 amide bonds. The third kappa shape index (κ3) is 6.42. The van der Waals surface area contributed by atoms with Crippen LogP contribution in [0.25, 0.3) is 0 Å². The summed E-state index contributed by atoms with van der Waals surface area (Å²) in [5.41, 5.74) is 0.472. The molecule has 3 heteroatoms. The maximum Gasteiger partial charge on any atom is 0.236 e. The summed E-state index contributed by atoms with van der Waals surface area (Å²) in [7, 11) is 0. The minimum Gasteiger partial charge on any atom is -0.354 e. The summed E-state index contributed by atoms with van der Waals surface area (Å²) in [6, 6.07) is 0.423. The van der Waals surface area contributed by atoms with E-state index >= 15 is 0 Å². The van der Waals surface area contributed by atoms with Gasteiger partial charge in [-0.2, -0.15) is 0 Å². The summed E-state index contributed by atoms with van der Waals surface area (Å²) >= 11 is 0. The van der Waals surface area contributed by atoms with Gasteiger partial charge in [0.05, 0.1) is 6.04 Å². The van der Waals surface area contributed by atoms with Gasteiger partial charge in [0.15, 0.2) is 0 Å². The van der Waals surface area contributed by atoms with Gasteiger partial charge in [0.25, 0.3) is 0 Å². The van der Waals surface area contributed by atoms with Gasteiger partial charge in [-0.15, -0.1) is 0 Å². The van der Waals surface area contributed by atoms with Gasteiger partial charge >= 0.3 is 0 Å². The molecule has 1 aliphatic rings. The van der Waals surface area contributed by atoms with Crippen molar-refractivity contribution >= 4 is 5.91 Å². The molecule has 2 unspecified atom stereocenters. The molecule has 2 N–H and O–H groups in total. The summed E-state index contributed by atoms with van der Waals surface area (Å²) in [5, 5.41) is 6.51. The van der Waals surface area contributed by atoms with Crippen molar-refractivity contribution in [1.82, 2.24) is 10.6 Å². The molecule has 2 atom stereocenters. The van der Waals surface area contributed by atoms with Crippen molar-refractivity contribution < 1.29 is 4.79 Å². The smallest absolute Gasteiger partial charge is 0.236 e. The Balaban J connectivity index is 2.35. The van der Waals surface area contributed by atoms with Crippen molar-refractivity contribution in [2.45, 2.75) is 78.8 Å². The zero-order valence-corrected chi connectivity index (χ0v) is 13.4. The maximum absolute atomic E-state index is 12.0. The number of amides is 1. The average molecular weight is 268 g/mol. The second kappa shape index (κ2) is 7.28. The molecule has 112 valence electrons.